The van der Waals surface area contributed by atoms with Crippen molar-refractivity contribution in [3.8, 4) is 0 Å². The molecule has 1 aliphatic heterocycles. The van der Waals surface area contributed by atoms with E-state index in [1.165, 1.54) is 25.3 Å². The molecule has 0 amide bonds. The first-order chi connectivity index (χ1) is 9.49. The number of hydrogen-bond donors (Lipinski definition) is 1. The summed E-state index contributed by atoms with van der Waals surface area (Å²) >= 11 is 0. The van der Waals surface area contributed by atoms with Crippen LogP contribution in [0.1, 0.15) is 38.7 Å². The average molecular weight is 277 g/mol. The van der Waals surface area contributed by atoms with Gasteiger partial charge in [-0.1, -0.05) is 26.0 Å². The fraction of sp³-hybridized carbons (Fsp3) is 0.562. The zero-order valence-electron chi connectivity index (χ0n) is 12.4. The standard InChI is InChI=1S/C16H24FN3/c1-16(2,13-7-6-8-14(17)11-13)12-19-15(18)20-9-4-3-5-10-20/h6-8,11H,3-5,9-10,12H2,1-2H3,(H2,18,19). The van der Waals surface area contributed by atoms with Gasteiger partial charge in [0, 0.05) is 18.5 Å². The van der Waals surface area contributed by atoms with Gasteiger partial charge in [-0.3, -0.25) is 4.99 Å². The summed E-state index contributed by atoms with van der Waals surface area (Å²) < 4.78 is 13.3. The van der Waals surface area contributed by atoms with E-state index >= 15 is 0 Å². The second-order valence-electron chi connectivity index (χ2n) is 6.12. The number of benzene rings is 1. The maximum atomic E-state index is 13.3. The number of halogens is 1. The van der Waals surface area contributed by atoms with Gasteiger partial charge in [0.15, 0.2) is 5.96 Å². The first-order valence-electron chi connectivity index (χ1n) is 7.30. The van der Waals surface area contributed by atoms with Gasteiger partial charge in [0.25, 0.3) is 0 Å². The highest BCUT2D eigenvalue weighted by molar-refractivity contribution is 5.78. The zero-order valence-corrected chi connectivity index (χ0v) is 12.4. The van der Waals surface area contributed by atoms with Crippen LogP contribution in [-0.4, -0.2) is 30.5 Å². The van der Waals surface area contributed by atoms with Crippen molar-refractivity contribution < 1.29 is 4.39 Å². The Morgan fingerprint density at radius 2 is 2.00 bits per heavy atom. The van der Waals surface area contributed by atoms with Gasteiger partial charge in [0.2, 0.25) is 0 Å². The molecule has 20 heavy (non-hydrogen) atoms. The Morgan fingerprint density at radius 1 is 1.30 bits per heavy atom. The Balaban J connectivity index is 2.04. The van der Waals surface area contributed by atoms with Crippen LogP contribution in [0.2, 0.25) is 0 Å². The quantitative estimate of drug-likeness (QED) is 0.682. The van der Waals surface area contributed by atoms with Gasteiger partial charge < -0.3 is 10.6 Å². The van der Waals surface area contributed by atoms with Crippen LogP contribution in [-0.2, 0) is 5.41 Å². The maximum Gasteiger partial charge on any atom is 0.191 e. The Bertz CT molecular complexity index is 476. The highest BCUT2D eigenvalue weighted by atomic mass is 19.1. The molecule has 0 radical (unpaired) electrons. The van der Waals surface area contributed by atoms with Gasteiger partial charge >= 0.3 is 0 Å². The third kappa shape index (κ3) is 3.71. The molecule has 3 nitrogen and oxygen atoms in total. The van der Waals surface area contributed by atoms with E-state index in [1.807, 2.05) is 6.07 Å². The van der Waals surface area contributed by atoms with Crippen molar-refractivity contribution in [3.05, 3.63) is 35.6 Å². The topological polar surface area (TPSA) is 41.6 Å². The van der Waals surface area contributed by atoms with Gasteiger partial charge in [-0.15, -0.1) is 0 Å². The van der Waals surface area contributed by atoms with Crippen molar-refractivity contribution >= 4 is 5.96 Å². The SMILES string of the molecule is CC(C)(CN=C(N)N1CCCCC1)c1cccc(F)c1. The molecule has 4 heteroatoms. The Hall–Kier alpha value is -1.58. The number of guanidine groups is 1. The molecule has 2 rings (SSSR count). The fourth-order valence-corrected chi connectivity index (χ4v) is 2.50. The van der Waals surface area contributed by atoms with E-state index in [-0.39, 0.29) is 11.2 Å². The lowest BCUT2D eigenvalue weighted by Gasteiger charge is -2.29. The minimum Gasteiger partial charge on any atom is -0.370 e. The number of hydrogen-bond acceptors (Lipinski definition) is 1. The van der Waals surface area contributed by atoms with Crippen molar-refractivity contribution in [2.45, 2.75) is 38.5 Å². The molecule has 0 spiro atoms. The fourth-order valence-electron chi connectivity index (χ4n) is 2.50. The molecule has 0 saturated carbocycles. The number of rotatable bonds is 3. The summed E-state index contributed by atoms with van der Waals surface area (Å²) in [5.74, 6) is 0.415. The zero-order chi connectivity index (χ0) is 14.6. The number of nitrogens with two attached hydrogens (primary N) is 1. The lowest BCUT2D eigenvalue weighted by molar-refractivity contribution is 0.337. The van der Waals surface area contributed by atoms with Crippen molar-refractivity contribution in [2.24, 2.45) is 10.7 Å². The van der Waals surface area contributed by atoms with Crippen LogP contribution in [0, 0.1) is 5.82 Å². The highest BCUT2D eigenvalue weighted by Gasteiger charge is 2.21. The molecular weight excluding hydrogens is 253 g/mol. The van der Waals surface area contributed by atoms with Gasteiger partial charge in [-0.25, -0.2) is 4.39 Å². The monoisotopic (exact) mass is 277 g/mol. The van der Waals surface area contributed by atoms with E-state index in [0.29, 0.717) is 12.5 Å². The first-order valence-corrected chi connectivity index (χ1v) is 7.30. The molecule has 1 fully saturated rings. The van der Waals surface area contributed by atoms with E-state index in [9.17, 15) is 4.39 Å². The molecule has 0 unspecified atom stereocenters. The van der Waals surface area contributed by atoms with Crippen molar-refractivity contribution in [1.82, 2.24) is 4.90 Å². The maximum absolute atomic E-state index is 13.3. The molecular formula is C16H24FN3. The number of aliphatic imine (C=N–C) groups is 1. The van der Waals surface area contributed by atoms with Crippen LogP contribution < -0.4 is 5.73 Å². The Morgan fingerprint density at radius 3 is 2.65 bits per heavy atom. The molecule has 1 aromatic rings. The van der Waals surface area contributed by atoms with E-state index < -0.39 is 0 Å². The van der Waals surface area contributed by atoms with E-state index in [4.69, 9.17) is 5.73 Å². The molecule has 1 saturated heterocycles. The van der Waals surface area contributed by atoms with Crippen LogP contribution in [0.15, 0.2) is 29.3 Å². The van der Waals surface area contributed by atoms with Gasteiger partial charge in [-0.05, 0) is 37.0 Å². The molecule has 1 heterocycles. The Kier molecular flexibility index (Phi) is 4.63. The van der Waals surface area contributed by atoms with Crippen molar-refractivity contribution in [3.63, 3.8) is 0 Å². The van der Waals surface area contributed by atoms with Gasteiger partial charge in [0.1, 0.15) is 5.82 Å². The van der Waals surface area contributed by atoms with Crippen LogP contribution >= 0.6 is 0 Å². The molecule has 0 aromatic heterocycles. The van der Waals surface area contributed by atoms with Crippen molar-refractivity contribution in [2.75, 3.05) is 19.6 Å². The summed E-state index contributed by atoms with van der Waals surface area (Å²) in [7, 11) is 0. The molecule has 0 aliphatic carbocycles. The summed E-state index contributed by atoms with van der Waals surface area (Å²) in [4.78, 5) is 6.67. The predicted molar refractivity (Wildman–Crippen MR) is 81.3 cm³/mol. The number of likely N-dealkylation sites (tertiary alicyclic amines) is 1. The van der Waals surface area contributed by atoms with Crippen LogP contribution in [0.25, 0.3) is 0 Å². The van der Waals surface area contributed by atoms with Crippen molar-refractivity contribution in [1.29, 1.82) is 0 Å². The minimum absolute atomic E-state index is 0.205. The molecule has 1 aromatic carbocycles. The van der Waals surface area contributed by atoms with Gasteiger partial charge in [-0.2, -0.15) is 0 Å². The predicted octanol–water partition coefficient (Wildman–Crippen LogP) is 2.90. The normalized spacial score (nSPS) is 17.4. The number of nitrogens with zero attached hydrogens (tertiary/aromatic N) is 2. The largest absolute Gasteiger partial charge is 0.370 e. The highest BCUT2D eigenvalue weighted by Crippen LogP contribution is 2.24. The second-order valence-corrected chi connectivity index (χ2v) is 6.12. The first kappa shape index (κ1) is 14.8. The Labute approximate surface area is 120 Å². The summed E-state index contributed by atoms with van der Waals surface area (Å²) in [6.45, 7) is 6.69. The van der Waals surface area contributed by atoms with Gasteiger partial charge in [0.05, 0.1) is 6.54 Å². The summed E-state index contributed by atoms with van der Waals surface area (Å²) in [5.41, 5.74) is 6.80. The summed E-state index contributed by atoms with van der Waals surface area (Å²) in [6, 6.07) is 6.72. The third-order valence-electron chi connectivity index (χ3n) is 3.92. The van der Waals surface area contributed by atoms with Crippen LogP contribution in [0.4, 0.5) is 4.39 Å². The third-order valence-corrected chi connectivity index (χ3v) is 3.92. The lowest BCUT2D eigenvalue weighted by Crippen LogP contribution is -2.41. The molecule has 0 bridgehead atoms. The van der Waals surface area contributed by atoms with Crippen LogP contribution in [0.3, 0.4) is 0 Å². The summed E-state index contributed by atoms with van der Waals surface area (Å²) in [5, 5.41) is 0. The number of piperidine rings is 1. The molecule has 1 aliphatic rings. The smallest absolute Gasteiger partial charge is 0.191 e. The molecule has 0 atom stereocenters. The summed E-state index contributed by atoms with van der Waals surface area (Å²) in [6.07, 6.45) is 3.64. The molecule has 2 N–H and O–H groups in total. The van der Waals surface area contributed by atoms with E-state index in [2.05, 4.69) is 23.7 Å². The van der Waals surface area contributed by atoms with E-state index in [0.717, 1.165) is 18.7 Å². The lowest BCUT2D eigenvalue weighted by atomic mass is 9.85. The van der Waals surface area contributed by atoms with Crippen LogP contribution in [0.5, 0.6) is 0 Å². The minimum atomic E-state index is -0.220. The van der Waals surface area contributed by atoms with E-state index in [1.54, 1.807) is 12.1 Å². The second kappa shape index (κ2) is 6.25. The average Bonchev–Trinajstić information content (AvgIpc) is 2.46. The molecule has 110 valence electrons.